The van der Waals surface area contributed by atoms with Crippen LogP contribution in [0.4, 0.5) is 0 Å². The fourth-order valence-corrected chi connectivity index (χ4v) is 5.34. The summed E-state index contributed by atoms with van der Waals surface area (Å²) in [5.41, 5.74) is 0. The van der Waals surface area contributed by atoms with Crippen molar-refractivity contribution in [3.05, 3.63) is 0 Å². The highest BCUT2D eigenvalue weighted by Gasteiger charge is 2.21. The smallest absolute Gasteiger partial charge is 0.308 e. The second-order valence-corrected chi connectivity index (χ2v) is 10.9. The van der Waals surface area contributed by atoms with E-state index in [4.69, 9.17) is 4.74 Å². The van der Waals surface area contributed by atoms with Gasteiger partial charge in [-0.05, 0) is 19.3 Å². The van der Waals surface area contributed by atoms with Crippen molar-refractivity contribution < 1.29 is 9.53 Å². The minimum absolute atomic E-state index is 0.0817. The van der Waals surface area contributed by atoms with Crippen LogP contribution >= 0.6 is 0 Å². The van der Waals surface area contributed by atoms with Gasteiger partial charge in [0.15, 0.2) is 0 Å². The van der Waals surface area contributed by atoms with Gasteiger partial charge in [0.1, 0.15) is 0 Å². The lowest BCUT2D eigenvalue weighted by Gasteiger charge is -2.19. The lowest BCUT2D eigenvalue weighted by Crippen LogP contribution is -2.20. The molecule has 2 heteroatoms. The van der Waals surface area contributed by atoms with Crippen LogP contribution in [-0.2, 0) is 9.53 Å². The number of unbranched alkanes of at least 4 members (excludes halogenated alkanes) is 21. The highest BCUT2D eigenvalue weighted by molar-refractivity contribution is 5.72. The summed E-state index contributed by atoms with van der Waals surface area (Å²) in [7, 11) is 0. The average molecular weight is 465 g/mol. The quantitative estimate of drug-likeness (QED) is 0.105. The first kappa shape index (κ1) is 30.5. The molecule has 2 nitrogen and oxygen atoms in total. The molecule has 0 saturated heterocycles. The lowest BCUT2D eigenvalue weighted by molar-refractivity contribution is -0.149. The van der Waals surface area contributed by atoms with Crippen LogP contribution in [0, 0.1) is 5.92 Å². The molecule has 0 amide bonds. The fraction of sp³-hybridized carbons (Fsp3) is 0.968. The summed E-state index contributed by atoms with van der Waals surface area (Å²) in [5.74, 6) is 0.289. The van der Waals surface area contributed by atoms with Gasteiger partial charge in [0.2, 0.25) is 0 Å². The highest BCUT2D eigenvalue weighted by Crippen LogP contribution is 2.24. The van der Waals surface area contributed by atoms with Crippen molar-refractivity contribution >= 4 is 5.97 Å². The van der Waals surface area contributed by atoms with Gasteiger partial charge in [-0.2, -0.15) is 0 Å². The third kappa shape index (κ3) is 20.5. The molecule has 1 aliphatic carbocycles. The van der Waals surface area contributed by atoms with Crippen LogP contribution < -0.4 is 0 Å². The first-order valence-electron chi connectivity index (χ1n) is 15.5. The van der Waals surface area contributed by atoms with Crippen molar-refractivity contribution in [1.29, 1.82) is 0 Å². The van der Waals surface area contributed by atoms with Crippen LogP contribution in [0.25, 0.3) is 0 Å². The molecular formula is C31H60O2. The highest BCUT2D eigenvalue weighted by atomic mass is 16.5. The molecule has 0 spiro atoms. The van der Waals surface area contributed by atoms with Gasteiger partial charge in [-0.3, -0.25) is 4.79 Å². The molecule has 1 saturated carbocycles. The maximum Gasteiger partial charge on any atom is 0.308 e. The molecular weight excluding hydrogens is 404 g/mol. The second-order valence-electron chi connectivity index (χ2n) is 10.9. The van der Waals surface area contributed by atoms with Crippen LogP contribution in [0.5, 0.6) is 0 Å². The van der Waals surface area contributed by atoms with E-state index in [-0.39, 0.29) is 11.9 Å². The molecule has 0 radical (unpaired) electrons. The third-order valence-electron chi connectivity index (χ3n) is 7.68. The summed E-state index contributed by atoms with van der Waals surface area (Å²) in [4.78, 5) is 12.0. The van der Waals surface area contributed by atoms with Crippen LogP contribution in [0.15, 0.2) is 0 Å². The molecule has 0 N–H and O–H groups in total. The van der Waals surface area contributed by atoms with Crippen LogP contribution in [-0.4, -0.2) is 12.6 Å². The zero-order valence-electron chi connectivity index (χ0n) is 22.7. The minimum atomic E-state index is 0.0817. The Labute approximate surface area is 208 Å². The summed E-state index contributed by atoms with van der Waals surface area (Å²) in [6.45, 7) is 2.94. The molecule has 1 aliphatic rings. The summed E-state index contributed by atoms with van der Waals surface area (Å²) in [5, 5.41) is 0. The van der Waals surface area contributed by atoms with Crippen molar-refractivity contribution in [3.8, 4) is 0 Å². The number of hydrogen-bond donors (Lipinski definition) is 0. The average Bonchev–Trinajstić information content (AvgIpc) is 2.85. The SMILES string of the molecule is CCCCCCCCCCCCCCCCCCCCCCCCOC(=O)C1CCCCC1. The minimum Gasteiger partial charge on any atom is -0.465 e. The van der Waals surface area contributed by atoms with E-state index in [1.54, 1.807) is 0 Å². The molecule has 0 atom stereocenters. The van der Waals surface area contributed by atoms with Gasteiger partial charge in [0, 0.05) is 0 Å². The van der Waals surface area contributed by atoms with Crippen molar-refractivity contribution in [3.63, 3.8) is 0 Å². The maximum atomic E-state index is 12.0. The number of ether oxygens (including phenoxy) is 1. The molecule has 0 heterocycles. The Morgan fingerprint density at radius 3 is 1.21 bits per heavy atom. The van der Waals surface area contributed by atoms with E-state index in [2.05, 4.69) is 6.92 Å². The Kier molecular flexibility index (Phi) is 22.7. The van der Waals surface area contributed by atoms with Gasteiger partial charge < -0.3 is 4.74 Å². The van der Waals surface area contributed by atoms with Gasteiger partial charge in [-0.25, -0.2) is 0 Å². The van der Waals surface area contributed by atoms with Crippen molar-refractivity contribution in [2.45, 2.75) is 180 Å². The Bertz CT molecular complexity index is 400. The molecule has 33 heavy (non-hydrogen) atoms. The van der Waals surface area contributed by atoms with Gasteiger partial charge in [0.25, 0.3) is 0 Å². The number of hydrogen-bond acceptors (Lipinski definition) is 2. The summed E-state index contributed by atoms with van der Waals surface area (Å²) < 4.78 is 5.49. The van der Waals surface area contributed by atoms with Crippen molar-refractivity contribution in [2.24, 2.45) is 5.92 Å². The van der Waals surface area contributed by atoms with Crippen molar-refractivity contribution in [2.75, 3.05) is 6.61 Å². The number of carbonyl (C=O) groups is 1. The summed E-state index contributed by atoms with van der Waals surface area (Å²) in [6, 6.07) is 0. The molecule has 0 aromatic rings. The van der Waals surface area contributed by atoms with Gasteiger partial charge in [-0.15, -0.1) is 0 Å². The van der Waals surface area contributed by atoms with E-state index < -0.39 is 0 Å². The Hall–Kier alpha value is -0.530. The largest absolute Gasteiger partial charge is 0.465 e. The predicted molar refractivity (Wildman–Crippen MR) is 145 cm³/mol. The molecule has 0 bridgehead atoms. The maximum absolute atomic E-state index is 12.0. The Morgan fingerprint density at radius 1 is 0.515 bits per heavy atom. The van der Waals surface area contributed by atoms with E-state index in [0.29, 0.717) is 6.61 Å². The second kappa shape index (κ2) is 24.6. The number of esters is 1. The Balaban J connectivity index is 1.66. The summed E-state index contributed by atoms with van der Waals surface area (Å²) >= 11 is 0. The van der Waals surface area contributed by atoms with E-state index in [1.165, 1.54) is 154 Å². The van der Waals surface area contributed by atoms with E-state index in [0.717, 1.165) is 19.3 Å². The molecule has 196 valence electrons. The van der Waals surface area contributed by atoms with E-state index in [9.17, 15) is 4.79 Å². The third-order valence-corrected chi connectivity index (χ3v) is 7.68. The zero-order valence-corrected chi connectivity index (χ0v) is 22.7. The first-order chi connectivity index (χ1) is 16.3. The first-order valence-corrected chi connectivity index (χ1v) is 15.5. The van der Waals surface area contributed by atoms with Crippen LogP contribution in [0.1, 0.15) is 180 Å². The molecule has 1 rings (SSSR count). The van der Waals surface area contributed by atoms with Gasteiger partial charge in [0.05, 0.1) is 12.5 Å². The number of rotatable bonds is 24. The molecule has 0 aliphatic heterocycles. The van der Waals surface area contributed by atoms with E-state index in [1.807, 2.05) is 0 Å². The van der Waals surface area contributed by atoms with Gasteiger partial charge >= 0.3 is 5.97 Å². The zero-order chi connectivity index (χ0) is 23.7. The predicted octanol–water partition coefficient (Wildman–Crippen LogP) is 10.7. The Morgan fingerprint density at radius 2 is 0.848 bits per heavy atom. The number of carbonyl (C=O) groups excluding carboxylic acids is 1. The van der Waals surface area contributed by atoms with E-state index >= 15 is 0 Å². The normalized spacial score (nSPS) is 14.6. The van der Waals surface area contributed by atoms with Crippen molar-refractivity contribution in [1.82, 2.24) is 0 Å². The monoisotopic (exact) mass is 464 g/mol. The molecule has 0 aromatic carbocycles. The molecule has 1 fully saturated rings. The van der Waals surface area contributed by atoms with Gasteiger partial charge in [-0.1, -0.05) is 161 Å². The standard InChI is InChI=1S/C31H60O2/c1-2-3-4-5-6-7-8-9-10-11-12-13-14-15-16-17-18-19-20-21-22-26-29-33-31(32)30-27-24-23-25-28-30/h30H,2-29H2,1H3. The topological polar surface area (TPSA) is 26.3 Å². The molecule has 0 aromatic heterocycles. The van der Waals surface area contributed by atoms with Crippen LogP contribution in [0.2, 0.25) is 0 Å². The lowest BCUT2D eigenvalue weighted by atomic mass is 9.89. The fourth-order valence-electron chi connectivity index (χ4n) is 5.34. The summed E-state index contributed by atoms with van der Waals surface area (Å²) in [6.07, 6.45) is 36.8. The molecule has 0 unspecified atom stereocenters. The van der Waals surface area contributed by atoms with Crippen LogP contribution in [0.3, 0.4) is 0 Å².